The van der Waals surface area contributed by atoms with Crippen LogP contribution in [-0.2, 0) is 11.3 Å². The molecule has 3 nitrogen and oxygen atoms in total. The lowest BCUT2D eigenvalue weighted by Crippen LogP contribution is -2.49. The third-order valence-electron chi connectivity index (χ3n) is 4.56. The van der Waals surface area contributed by atoms with Crippen LogP contribution in [0.3, 0.4) is 0 Å². The van der Waals surface area contributed by atoms with Gasteiger partial charge in [-0.2, -0.15) is 0 Å². The van der Waals surface area contributed by atoms with Gasteiger partial charge in [0.1, 0.15) is 0 Å². The van der Waals surface area contributed by atoms with Gasteiger partial charge in [0.15, 0.2) is 0 Å². The van der Waals surface area contributed by atoms with Gasteiger partial charge in [0.25, 0.3) is 0 Å². The SMILES string of the molecule is CC(C(=O)NCc1ccccc1-c1ccc(Cl)cc1)C1CNC1.Cl. The van der Waals surface area contributed by atoms with Gasteiger partial charge in [0, 0.05) is 17.5 Å². The molecule has 0 aromatic heterocycles. The van der Waals surface area contributed by atoms with Gasteiger partial charge in [-0.1, -0.05) is 54.9 Å². The van der Waals surface area contributed by atoms with E-state index in [0.29, 0.717) is 12.5 Å². The van der Waals surface area contributed by atoms with Crippen molar-refractivity contribution in [1.82, 2.24) is 10.6 Å². The van der Waals surface area contributed by atoms with E-state index in [1.165, 1.54) is 0 Å². The summed E-state index contributed by atoms with van der Waals surface area (Å²) in [5.74, 6) is 0.642. The molecule has 0 radical (unpaired) electrons. The lowest BCUT2D eigenvalue weighted by atomic mass is 9.88. The Hall–Kier alpha value is -1.55. The van der Waals surface area contributed by atoms with E-state index in [0.717, 1.165) is 34.8 Å². The van der Waals surface area contributed by atoms with Crippen molar-refractivity contribution in [2.24, 2.45) is 11.8 Å². The molecule has 1 aliphatic heterocycles. The number of amides is 1. The van der Waals surface area contributed by atoms with E-state index >= 15 is 0 Å². The van der Waals surface area contributed by atoms with E-state index in [-0.39, 0.29) is 24.2 Å². The first-order valence-electron chi connectivity index (χ1n) is 7.97. The maximum absolute atomic E-state index is 12.3. The number of carbonyl (C=O) groups excluding carboxylic acids is 1. The van der Waals surface area contributed by atoms with Crippen LogP contribution in [0.1, 0.15) is 12.5 Å². The highest BCUT2D eigenvalue weighted by Crippen LogP contribution is 2.25. The molecular weight excluding hydrogens is 343 g/mol. The minimum absolute atomic E-state index is 0. The monoisotopic (exact) mass is 364 g/mol. The molecule has 24 heavy (non-hydrogen) atoms. The fourth-order valence-corrected chi connectivity index (χ4v) is 2.93. The molecule has 1 saturated heterocycles. The van der Waals surface area contributed by atoms with Gasteiger partial charge >= 0.3 is 0 Å². The Morgan fingerprint density at radius 3 is 2.50 bits per heavy atom. The summed E-state index contributed by atoms with van der Waals surface area (Å²) in [7, 11) is 0. The van der Waals surface area contributed by atoms with Crippen molar-refractivity contribution in [3.63, 3.8) is 0 Å². The third kappa shape index (κ3) is 4.29. The topological polar surface area (TPSA) is 41.1 Å². The molecule has 0 bridgehead atoms. The molecule has 2 aromatic carbocycles. The van der Waals surface area contributed by atoms with Crippen molar-refractivity contribution >= 4 is 29.9 Å². The predicted octanol–water partition coefficient (Wildman–Crippen LogP) is 3.90. The minimum atomic E-state index is 0. The number of hydrogen-bond acceptors (Lipinski definition) is 2. The highest BCUT2D eigenvalue weighted by Gasteiger charge is 2.28. The van der Waals surface area contributed by atoms with E-state index < -0.39 is 0 Å². The fourth-order valence-electron chi connectivity index (χ4n) is 2.81. The Bertz CT molecular complexity index is 684. The van der Waals surface area contributed by atoms with Crippen LogP contribution in [-0.4, -0.2) is 19.0 Å². The van der Waals surface area contributed by atoms with Gasteiger partial charge < -0.3 is 10.6 Å². The Labute approximate surface area is 154 Å². The van der Waals surface area contributed by atoms with Crippen molar-refractivity contribution in [2.75, 3.05) is 13.1 Å². The number of benzene rings is 2. The van der Waals surface area contributed by atoms with Crippen molar-refractivity contribution in [1.29, 1.82) is 0 Å². The molecule has 2 aromatic rings. The van der Waals surface area contributed by atoms with Gasteiger partial charge in [-0.3, -0.25) is 4.79 Å². The molecule has 1 fully saturated rings. The summed E-state index contributed by atoms with van der Waals surface area (Å²) in [5, 5.41) is 7.02. The average Bonchev–Trinajstić information content (AvgIpc) is 2.52. The van der Waals surface area contributed by atoms with Crippen molar-refractivity contribution in [3.05, 3.63) is 59.1 Å². The first-order chi connectivity index (χ1) is 11.1. The van der Waals surface area contributed by atoms with Gasteiger partial charge in [-0.05, 0) is 47.8 Å². The maximum atomic E-state index is 12.3. The quantitative estimate of drug-likeness (QED) is 0.844. The maximum Gasteiger partial charge on any atom is 0.223 e. The summed E-state index contributed by atoms with van der Waals surface area (Å²) in [4.78, 5) is 12.3. The van der Waals surface area contributed by atoms with Gasteiger partial charge in [0.05, 0.1) is 0 Å². The molecule has 128 valence electrons. The van der Waals surface area contributed by atoms with Crippen LogP contribution in [0, 0.1) is 11.8 Å². The molecule has 1 atom stereocenters. The second-order valence-electron chi connectivity index (χ2n) is 6.09. The highest BCUT2D eigenvalue weighted by molar-refractivity contribution is 6.30. The lowest BCUT2D eigenvalue weighted by Gasteiger charge is -2.31. The largest absolute Gasteiger partial charge is 0.352 e. The number of halogens is 2. The predicted molar refractivity (Wildman–Crippen MR) is 102 cm³/mol. The Balaban J connectivity index is 0.00000208. The average molecular weight is 365 g/mol. The number of hydrogen-bond donors (Lipinski definition) is 2. The summed E-state index contributed by atoms with van der Waals surface area (Å²) in [6.07, 6.45) is 0. The molecule has 1 heterocycles. The highest BCUT2D eigenvalue weighted by atomic mass is 35.5. The molecule has 5 heteroatoms. The molecule has 2 N–H and O–H groups in total. The number of rotatable bonds is 5. The first kappa shape index (κ1) is 18.8. The van der Waals surface area contributed by atoms with Crippen LogP contribution in [0.4, 0.5) is 0 Å². The van der Waals surface area contributed by atoms with Gasteiger partial charge in [-0.15, -0.1) is 12.4 Å². The third-order valence-corrected chi connectivity index (χ3v) is 4.81. The van der Waals surface area contributed by atoms with E-state index in [1.807, 2.05) is 43.3 Å². The zero-order valence-corrected chi connectivity index (χ0v) is 15.2. The zero-order chi connectivity index (χ0) is 16.2. The van der Waals surface area contributed by atoms with Crippen LogP contribution >= 0.6 is 24.0 Å². The summed E-state index contributed by atoms with van der Waals surface area (Å²) < 4.78 is 0. The standard InChI is InChI=1S/C19H21ClN2O.ClH/c1-13(16-10-21-11-16)19(23)22-12-15-4-2-3-5-18(15)14-6-8-17(20)9-7-14;/h2-9,13,16,21H,10-12H2,1H3,(H,22,23);1H. The normalized spacial score (nSPS) is 15.1. The summed E-state index contributed by atoms with van der Waals surface area (Å²) in [5.41, 5.74) is 3.35. The lowest BCUT2D eigenvalue weighted by molar-refractivity contribution is -0.126. The molecular formula is C19H22Cl2N2O. The van der Waals surface area contributed by atoms with E-state index in [9.17, 15) is 4.79 Å². The molecule has 1 aliphatic rings. The Kier molecular flexibility index (Phi) is 6.67. The molecule has 0 aliphatic carbocycles. The summed E-state index contributed by atoms with van der Waals surface area (Å²) in [6, 6.07) is 15.9. The van der Waals surface area contributed by atoms with Crippen LogP contribution in [0.25, 0.3) is 11.1 Å². The minimum Gasteiger partial charge on any atom is -0.352 e. The van der Waals surface area contributed by atoms with Crippen LogP contribution in [0.2, 0.25) is 5.02 Å². The van der Waals surface area contributed by atoms with Gasteiger partial charge in [-0.25, -0.2) is 0 Å². The van der Waals surface area contributed by atoms with E-state index in [1.54, 1.807) is 0 Å². The summed E-state index contributed by atoms with van der Waals surface area (Å²) >= 11 is 5.96. The Morgan fingerprint density at radius 1 is 1.21 bits per heavy atom. The van der Waals surface area contributed by atoms with Gasteiger partial charge in [0.2, 0.25) is 5.91 Å². The Morgan fingerprint density at radius 2 is 1.88 bits per heavy atom. The second-order valence-corrected chi connectivity index (χ2v) is 6.53. The fraction of sp³-hybridized carbons (Fsp3) is 0.316. The first-order valence-corrected chi connectivity index (χ1v) is 8.35. The zero-order valence-electron chi connectivity index (χ0n) is 13.6. The molecule has 3 rings (SSSR count). The van der Waals surface area contributed by atoms with Crippen LogP contribution in [0.5, 0.6) is 0 Å². The van der Waals surface area contributed by atoms with Crippen molar-refractivity contribution < 1.29 is 4.79 Å². The second kappa shape index (κ2) is 8.52. The smallest absolute Gasteiger partial charge is 0.223 e. The molecule has 0 saturated carbocycles. The van der Waals surface area contributed by atoms with E-state index in [4.69, 9.17) is 11.6 Å². The van der Waals surface area contributed by atoms with Crippen molar-refractivity contribution in [2.45, 2.75) is 13.5 Å². The van der Waals surface area contributed by atoms with Crippen molar-refractivity contribution in [3.8, 4) is 11.1 Å². The number of carbonyl (C=O) groups is 1. The molecule has 0 spiro atoms. The van der Waals surface area contributed by atoms with Crippen LogP contribution < -0.4 is 10.6 Å². The summed E-state index contributed by atoms with van der Waals surface area (Å²) in [6.45, 7) is 4.43. The van der Waals surface area contributed by atoms with E-state index in [2.05, 4.69) is 22.8 Å². The molecule has 1 unspecified atom stereocenters. The van der Waals surface area contributed by atoms with Crippen LogP contribution in [0.15, 0.2) is 48.5 Å². The number of nitrogens with one attached hydrogen (secondary N) is 2. The molecule has 1 amide bonds.